The number of furan rings is 1. The number of rotatable bonds is 5. The van der Waals surface area contributed by atoms with Crippen molar-refractivity contribution >= 4 is 29.4 Å². The average molecular weight is 426 g/mol. The summed E-state index contributed by atoms with van der Waals surface area (Å²) in [4.78, 5) is 35.8. The lowest BCUT2D eigenvalue weighted by Gasteiger charge is -2.32. The van der Waals surface area contributed by atoms with Crippen molar-refractivity contribution in [3.63, 3.8) is 0 Å². The summed E-state index contributed by atoms with van der Waals surface area (Å²) in [6, 6.07) is 4.89. The van der Waals surface area contributed by atoms with Gasteiger partial charge in [0.1, 0.15) is 5.82 Å². The fraction of sp³-hybridized carbons (Fsp3) is 0.350. The maximum absolute atomic E-state index is 12.2. The molecule has 4 rings (SSSR count). The number of carbonyl (C=O) groups is 1. The van der Waals surface area contributed by atoms with Crippen LogP contribution in [0.5, 0.6) is 0 Å². The van der Waals surface area contributed by atoms with Gasteiger partial charge in [0.25, 0.3) is 5.91 Å². The summed E-state index contributed by atoms with van der Waals surface area (Å²) in [7, 11) is 2.12. The highest BCUT2D eigenvalue weighted by Gasteiger charge is 2.19. The van der Waals surface area contributed by atoms with Crippen LogP contribution in [0.15, 0.2) is 45.1 Å². The molecule has 0 spiro atoms. The minimum atomic E-state index is -0.359. The number of anilines is 2. The summed E-state index contributed by atoms with van der Waals surface area (Å²) in [5.74, 6) is 1.03. The van der Waals surface area contributed by atoms with Crippen LogP contribution in [0.25, 0.3) is 0 Å². The minimum absolute atomic E-state index is 0.224. The van der Waals surface area contributed by atoms with Gasteiger partial charge in [-0.25, -0.2) is 19.9 Å². The molecule has 3 aromatic heterocycles. The third kappa shape index (κ3) is 4.60. The molecule has 1 aliphatic rings. The van der Waals surface area contributed by atoms with Gasteiger partial charge >= 0.3 is 0 Å². The number of carbonyl (C=O) groups excluding carboxylic acids is 1. The third-order valence-corrected chi connectivity index (χ3v) is 5.97. The second-order valence-corrected chi connectivity index (χ2v) is 8.05. The van der Waals surface area contributed by atoms with Gasteiger partial charge in [-0.15, -0.1) is 0 Å². The molecule has 3 aromatic rings. The highest BCUT2D eigenvalue weighted by atomic mass is 32.2. The van der Waals surface area contributed by atoms with Gasteiger partial charge in [-0.05, 0) is 50.9 Å². The van der Waals surface area contributed by atoms with Crippen molar-refractivity contribution in [1.82, 2.24) is 24.8 Å². The van der Waals surface area contributed by atoms with E-state index in [1.807, 2.05) is 13.8 Å². The van der Waals surface area contributed by atoms with Crippen molar-refractivity contribution in [3.8, 4) is 0 Å². The van der Waals surface area contributed by atoms with Crippen LogP contribution in [-0.2, 0) is 0 Å². The Hall–Kier alpha value is -2.98. The Balaban J connectivity index is 1.49. The van der Waals surface area contributed by atoms with Gasteiger partial charge in [-0.3, -0.25) is 4.79 Å². The van der Waals surface area contributed by atoms with Gasteiger partial charge in [0.05, 0.1) is 22.5 Å². The van der Waals surface area contributed by atoms with E-state index in [-0.39, 0.29) is 11.7 Å². The predicted molar refractivity (Wildman–Crippen MR) is 114 cm³/mol. The minimum Gasteiger partial charge on any atom is -0.459 e. The number of nitrogens with zero attached hydrogens (tertiary/aromatic N) is 6. The molecule has 9 nitrogen and oxygen atoms in total. The fourth-order valence-corrected chi connectivity index (χ4v) is 3.95. The maximum Gasteiger partial charge on any atom is 0.292 e. The largest absolute Gasteiger partial charge is 0.459 e. The summed E-state index contributed by atoms with van der Waals surface area (Å²) < 4.78 is 5.11. The molecule has 0 radical (unpaired) electrons. The topological polar surface area (TPSA) is 100 Å². The molecule has 10 heteroatoms. The van der Waals surface area contributed by atoms with Gasteiger partial charge < -0.3 is 19.5 Å². The van der Waals surface area contributed by atoms with E-state index in [1.54, 1.807) is 24.4 Å². The molecule has 0 saturated carbocycles. The van der Waals surface area contributed by atoms with E-state index in [2.05, 4.69) is 32.1 Å². The molecule has 0 unspecified atom stereocenters. The zero-order valence-corrected chi connectivity index (χ0v) is 17.9. The first kappa shape index (κ1) is 20.3. The zero-order chi connectivity index (χ0) is 21.1. The standard InChI is InChI=1S/C20H23N7O2S/c1-13-17(14(2)23-19(22-13)27-10-8-26(3)9-11-27)30-20-21-7-6-16(25-20)24-18(28)15-5-4-12-29-15/h4-7,12H,8-11H2,1-3H3,(H,21,24,25,28). The molecule has 156 valence electrons. The number of aromatic nitrogens is 4. The van der Waals surface area contributed by atoms with E-state index >= 15 is 0 Å². The summed E-state index contributed by atoms with van der Waals surface area (Å²) in [5.41, 5.74) is 1.77. The van der Waals surface area contributed by atoms with Crippen LogP contribution >= 0.6 is 11.8 Å². The molecule has 1 amide bonds. The van der Waals surface area contributed by atoms with E-state index in [0.29, 0.717) is 11.0 Å². The zero-order valence-electron chi connectivity index (χ0n) is 17.1. The molecule has 30 heavy (non-hydrogen) atoms. The van der Waals surface area contributed by atoms with Crippen LogP contribution in [0.1, 0.15) is 21.9 Å². The monoisotopic (exact) mass is 425 g/mol. The smallest absolute Gasteiger partial charge is 0.292 e. The van der Waals surface area contributed by atoms with E-state index in [4.69, 9.17) is 14.4 Å². The highest BCUT2D eigenvalue weighted by Crippen LogP contribution is 2.31. The molecule has 1 saturated heterocycles. The lowest BCUT2D eigenvalue weighted by Crippen LogP contribution is -2.45. The summed E-state index contributed by atoms with van der Waals surface area (Å²) in [6.07, 6.45) is 3.06. The molecule has 0 aromatic carbocycles. The van der Waals surface area contributed by atoms with Gasteiger partial charge in [0, 0.05) is 32.4 Å². The van der Waals surface area contributed by atoms with Crippen molar-refractivity contribution in [2.75, 3.05) is 43.4 Å². The van der Waals surface area contributed by atoms with Crippen molar-refractivity contribution in [2.45, 2.75) is 23.9 Å². The number of aryl methyl sites for hydroxylation is 2. The SMILES string of the molecule is Cc1nc(N2CCN(C)CC2)nc(C)c1Sc1nccc(NC(=O)c2ccco2)n1. The predicted octanol–water partition coefficient (Wildman–Crippen LogP) is 2.63. The maximum atomic E-state index is 12.2. The van der Waals surface area contributed by atoms with Gasteiger partial charge in [-0.1, -0.05) is 0 Å². The number of nitrogens with one attached hydrogen (secondary N) is 1. The molecule has 0 atom stereocenters. The number of amides is 1. The molecule has 1 N–H and O–H groups in total. The Kier molecular flexibility index (Phi) is 5.96. The Morgan fingerprint density at radius 1 is 1.10 bits per heavy atom. The molecule has 0 aliphatic carbocycles. The van der Waals surface area contributed by atoms with Crippen LogP contribution in [0.3, 0.4) is 0 Å². The Labute approximate surface area is 178 Å². The second kappa shape index (κ2) is 8.80. The van der Waals surface area contributed by atoms with Gasteiger partial charge in [0.2, 0.25) is 5.95 Å². The number of hydrogen-bond donors (Lipinski definition) is 1. The molecular formula is C20H23N7O2S. The van der Waals surface area contributed by atoms with Crippen molar-refractivity contribution in [3.05, 3.63) is 47.8 Å². The first-order valence-corrected chi connectivity index (χ1v) is 10.5. The Morgan fingerprint density at radius 2 is 1.83 bits per heavy atom. The Bertz CT molecular complexity index is 1010. The van der Waals surface area contributed by atoms with Gasteiger partial charge in [-0.2, -0.15) is 0 Å². The molecular weight excluding hydrogens is 402 g/mol. The van der Waals surface area contributed by atoms with E-state index in [1.165, 1.54) is 18.0 Å². The number of hydrogen-bond acceptors (Lipinski definition) is 9. The molecule has 1 aliphatic heterocycles. The normalized spacial score (nSPS) is 14.7. The van der Waals surface area contributed by atoms with Crippen LogP contribution in [0, 0.1) is 13.8 Å². The number of likely N-dealkylation sites (N-methyl/N-ethyl adjacent to an activating group) is 1. The summed E-state index contributed by atoms with van der Waals surface area (Å²) in [6.45, 7) is 7.79. The summed E-state index contributed by atoms with van der Waals surface area (Å²) in [5, 5.41) is 3.23. The average Bonchev–Trinajstić information content (AvgIpc) is 3.26. The first-order chi connectivity index (χ1) is 14.5. The van der Waals surface area contributed by atoms with Crippen molar-refractivity contribution in [1.29, 1.82) is 0 Å². The van der Waals surface area contributed by atoms with E-state index < -0.39 is 0 Å². The van der Waals surface area contributed by atoms with Crippen LogP contribution in [0.2, 0.25) is 0 Å². The molecule has 4 heterocycles. The third-order valence-electron chi connectivity index (χ3n) is 4.79. The van der Waals surface area contributed by atoms with Crippen LogP contribution < -0.4 is 10.2 Å². The van der Waals surface area contributed by atoms with Gasteiger partial charge in [0.15, 0.2) is 10.9 Å². The second-order valence-electron chi connectivity index (χ2n) is 7.07. The summed E-state index contributed by atoms with van der Waals surface area (Å²) >= 11 is 1.39. The van der Waals surface area contributed by atoms with E-state index in [0.717, 1.165) is 48.4 Å². The lowest BCUT2D eigenvalue weighted by molar-refractivity contribution is 0.0996. The first-order valence-electron chi connectivity index (χ1n) is 9.64. The van der Waals surface area contributed by atoms with Crippen LogP contribution in [-0.4, -0.2) is 64.0 Å². The van der Waals surface area contributed by atoms with Crippen molar-refractivity contribution < 1.29 is 9.21 Å². The fourth-order valence-electron chi connectivity index (χ4n) is 3.12. The van der Waals surface area contributed by atoms with Crippen LogP contribution in [0.4, 0.5) is 11.8 Å². The molecule has 0 bridgehead atoms. The highest BCUT2D eigenvalue weighted by molar-refractivity contribution is 7.99. The lowest BCUT2D eigenvalue weighted by atomic mass is 10.3. The quantitative estimate of drug-likeness (QED) is 0.618. The number of piperazine rings is 1. The molecule has 1 fully saturated rings. The van der Waals surface area contributed by atoms with E-state index in [9.17, 15) is 4.79 Å². The Morgan fingerprint density at radius 3 is 2.50 bits per heavy atom. The van der Waals surface area contributed by atoms with Crippen molar-refractivity contribution in [2.24, 2.45) is 0 Å².